The van der Waals surface area contributed by atoms with Gasteiger partial charge in [-0.3, -0.25) is 4.89 Å². The summed E-state index contributed by atoms with van der Waals surface area (Å²) < 4.78 is 4.83. The van der Waals surface area contributed by atoms with Crippen LogP contribution in [0.4, 0.5) is 4.79 Å². The summed E-state index contributed by atoms with van der Waals surface area (Å²) in [7, 11) is 0. The van der Waals surface area contributed by atoms with Crippen LogP contribution in [0.25, 0.3) is 0 Å². The minimum atomic E-state index is -1.03. The maximum atomic E-state index is 11.7. The van der Waals surface area contributed by atoms with Crippen molar-refractivity contribution in [3.8, 4) is 0 Å². The van der Waals surface area contributed by atoms with Crippen LogP contribution < -0.4 is 0 Å². The topological polar surface area (TPSA) is 71.1 Å². The lowest BCUT2D eigenvalue weighted by molar-refractivity contribution is -0.452. The molecule has 0 aromatic heterocycles. The third kappa shape index (κ3) is 9.42. The van der Waals surface area contributed by atoms with Gasteiger partial charge < -0.3 is 4.74 Å². The molecule has 0 bridgehead atoms. The first-order chi connectivity index (χ1) is 12.5. The van der Waals surface area contributed by atoms with Crippen LogP contribution in [0.15, 0.2) is 18.2 Å². The van der Waals surface area contributed by atoms with Gasteiger partial charge in [-0.1, -0.05) is 57.9 Å². The molecule has 1 aromatic rings. The Labute approximate surface area is 155 Å². The van der Waals surface area contributed by atoms with Gasteiger partial charge in [-0.2, -0.15) is 0 Å². The van der Waals surface area contributed by atoms with Crippen LogP contribution >= 0.6 is 0 Å². The normalized spacial score (nSPS) is 10.4. The molecule has 0 radical (unpaired) electrons. The van der Waals surface area contributed by atoms with Gasteiger partial charge in [0.15, 0.2) is 0 Å². The zero-order chi connectivity index (χ0) is 19.2. The maximum absolute atomic E-state index is 11.7. The van der Waals surface area contributed by atoms with Gasteiger partial charge in [0.25, 0.3) is 0 Å². The highest BCUT2D eigenvalue weighted by atomic mass is 17.5. The average Bonchev–Trinajstić information content (AvgIpc) is 2.62. The smallest absolute Gasteiger partial charge is 0.432 e. The second-order valence-corrected chi connectivity index (χ2v) is 6.39. The van der Waals surface area contributed by atoms with Crippen molar-refractivity contribution in [1.29, 1.82) is 0 Å². The Morgan fingerprint density at radius 1 is 0.846 bits per heavy atom. The number of ether oxygens (including phenoxy) is 1. The highest BCUT2D eigenvalue weighted by Gasteiger charge is 2.12. The number of unbranched alkanes of at least 4 members (excludes halogenated alkanes) is 7. The van der Waals surface area contributed by atoms with Gasteiger partial charge in [-0.05, 0) is 43.5 Å². The standard InChI is InChI=1S/C20H30O6/c1-4-5-6-7-8-9-10-11-14-23-20(22)25-26-24-19(21)18-13-12-16(2)17(3)15-18/h12-13,15H,4-11,14H2,1-3H3. The summed E-state index contributed by atoms with van der Waals surface area (Å²) >= 11 is 0. The molecule has 146 valence electrons. The quantitative estimate of drug-likeness (QED) is 0.207. The first kappa shape index (κ1) is 22.0. The van der Waals surface area contributed by atoms with Crippen molar-refractivity contribution >= 4 is 12.1 Å². The minimum absolute atomic E-state index is 0.252. The van der Waals surface area contributed by atoms with E-state index in [-0.39, 0.29) is 6.61 Å². The first-order valence-corrected chi connectivity index (χ1v) is 9.34. The number of aryl methyl sites for hydroxylation is 2. The van der Waals surface area contributed by atoms with E-state index >= 15 is 0 Å². The molecule has 26 heavy (non-hydrogen) atoms. The first-order valence-electron chi connectivity index (χ1n) is 9.34. The molecule has 1 rings (SSSR count). The SMILES string of the molecule is CCCCCCCCCCOC(=O)OOOC(=O)c1ccc(C)c(C)c1. The number of carbonyl (C=O) groups is 2. The predicted octanol–water partition coefficient (Wildman–Crippen LogP) is 5.60. The summed E-state index contributed by atoms with van der Waals surface area (Å²) in [4.78, 5) is 31.7. The van der Waals surface area contributed by atoms with Gasteiger partial charge in [-0.15, -0.1) is 0 Å². The van der Waals surface area contributed by atoms with Gasteiger partial charge in [-0.25, -0.2) is 14.5 Å². The van der Waals surface area contributed by atoms with E-state index in [0.717, 1.165) is 30.4 Å². The molecule has 0 aliphatic rings. The van der Waals surface area contributed by atoms with Crippen LogP contribution in [0, 0.1) is 13.8 Å². The van der Waals surface area contributed by atoms with Gasteiger partial charge in [0, 0.05) is 0 Å². The Hall–Kier alpha value is -2.08. The van der Waals surface area contributed by atoms with E-state index in [1.54, 1.807) is 18.2 Å². The summed E-state index contributed by atoms with van der Waals surface area (Å²) in [5.41, 5.74) is 2.32. The summed E-state index contributed by atoms with van der Waals surface area (Å²) in [6.07, 6.45) is 8.18. The predicted molar refractivity (Wildman–Crippen MR) is 97.5 cm³/mol. The summed E-state index contributed by atoms with van der Waals surface area (Å²) in [5, 5.41) is 4.19. The number of hydrogen-bond acceptors (Lipinski definition) is 6. The van der Waals surface area contributed by atoms with Crippen LogP contribution in [0.2, 0.25) is 0 Å². The molecule has 0 heterocycles. The Kier molecular flexibility index (Phi) is 11.1. The van der Waals surface area contributed by atoms with Crippen LogP contribution in [0.3, 0.4) is 0 Å². The van der Waals surface area contributed by atoms with E-state index in [1.165, 1.54) is 32.1 Å². The number of carbonyl (C=O) groups excluding carboxylic acids is 2. The highest BCUT2D eigenvalue weighted by Crippen LogP contribution is 2.11. The molecule has 0 unspecified atom stereocenters. The summed E-state index contributed by atoms with van der Waals surface area (Å²) in [6, 6.07) is 5.07. The molecule has 0 spiro atoms. The lowest BCUT2D eigenvalue weighted by atomic mass is 10.1. The molecule has 0 saturated carbocycles. The molecule has 6 heteroatoms. The van der Waals surface area contributed by atoms with Crippen molar-refractivity contribution in [1.82, 2.24) is 0 Å². The molecule has 0 fully saturated rings. The zero-order valence-electron chi connectivity index (χ0n) is 16.0. The van der Waals surface area contributed by atoms with Gasteiger partial charge in [0.1, 0.15) is 0 Å². The molecule has 0 N–H and O–H groups in total. The molecule has 0 amide bonds. The van der Waals surface area contributed by atoms with Gasteiger partial charge >= 0.3 is 12.1 Å². The second-order valence-electron chi connectivity index (χ2n) is 6.39. The van der Waals surface area contributed by atoms with Crippen molar-refractivity contribution in [3.63, 3.8) is 0 Å². The summed E-state index contributed by atoms with van der Waals surface area (Å²) in [6.45, 7) is 6.27. The largest absolute Gasteiger partial charge is 0.543 e. The Bertz CT molecular complexity index is 555. The van der Waals surface area contributed by atoms with E-state index in [9.17, 15) is 9.59 Å². The third-order valence-electron chi connectivity index (χ3n) is 4.17. The fraction of sp³-hybridized carbons (Fsp3) is 0.600. The fourth-order valence-corrected chi connectivity index (χ4v) is 2.41. The van der Waals surface area contributed by atoms with E-state index in [0.29, 0.717) is 5.56 Å². The third-order valence-corrected chi connectivity index (χ3v) is 4.17. The zero-order valence-corrected chi connectivity index (χ0v) is 16.0. The Morgan fingerprint density at radius 2 is 1.50 bits per heavy atom. The highest BCUT2D eigenvalue weighted by molar-refractivity contribution is 5.89. The lowest BCUT2D eigenvalue weighted by Crippen LogP contribution is -2.12. The minimum Gasteiger partial charge on any atom is -0.432 e. The average molecular weight is 366 g/mol. The van der Waals surface area contributed by atoms with Crippen molar-refractivity contribution in [2.45, 2.75) is 72.1 Å². The van der Waals surface area contributed by atoms with Crippen LogP contribution in [0.1, 0.15) is 79.8 Å². The molecule has 0 atom stereocenters. The van der Waals surface area contributed by atoms with E-state index in [4.69, 9.17) is 4.74 Å². The molecule has 0 aliphatic carbocycles. The van der Waals surface area contributed by atoms with Gasteiger partial charge in [0.05, 0.1) is 17.2 Å². The fourth-order valence-electron chi connectivity index (χ4n) is 2.41. The van der Waals surface area contributed by atoms with Crippen molar-refractivity contribution < 1.29 is 29.1 Å². The second kappa shape index (κ2) is 13.2. The summed E-state index contributed by atoms with van der Waals surface area (Å²) in [5.74, 6) is -0.746. The number of benzene rings is 1. The van der Waals surface area contributed by atoms with Gasteiger partial charge in [0.2, 0.25) is 0 Å². The van der Waals surface area contributed by atoms with E-state index in [1.807, 2.05) is 13.8 Å². The van der Waals surface area contributed by atoms with E-state index in [2.05, 4.69) is 21.7 Å². The van der Waals surface area contributed by atoms with Crippen LogP contribution in [-0.2, 0) is 19.6 Å². The number of rotatable bonds is 12. The molecular weight excluding hydrogens is 336 g/mol. The van der Waals surface area contributed by atoms with Crippen molar-refractivity contribution in [2.24, 2.45) is 0 Å². The Balaban J connectivity index is 2.04. The lowest BCUT2D eigenvalue weighted by Gasteiger charge is -2.05. The monoisotopic (exact) mass is 366 g/mol. The van der Waals surface area contributed by atoms with Crippen LogP contribution in [0.5, 0.6) is 0 Å². The van der Waals surface area contributed by atoms with Crippen LogP contribution in [-0.4, -0.2) is 18.7 Å². The molecular formula is C20H30O6. The molecule has 0 aliphatic heterocycles. The Morgan fingerprint density at radius 3 is 2.15 bits per heavy atom. The molecule has 1 aromatic carbocycles. The van der Waals surface area contributed by atoms with Crippen molar-refractivity contribution in [3.05, 3.63) is 34.9 Å². The van der Waals surface area contributed by atoms with Crippen molar-refractivity contribution in [2.75, 3.05) is 6.61 Å². The molecule has 6 nitrogen and oxygen atoms in total. The number of hydrogen-bond donors (Lipinski definition) is 0. The molecule has 0 saturated heterocycles. The van der Waals surface area contributed by atoms with E-state index < -0.39 is 12.1 Å². The maximum Gasteiger partial charge on any atom is 0.543 e.